The van der Waals surface area contributed by atoms with Gasteiger partial charge in [-0.15, -0.1) is 0 Å². The largest absolute Gasteiger partial charge is 0.506 e. The molecule has 0 unspecified atom stereocenters. The third-order valence-electron chi connectivity index (χ3n) is 2.25. The highest BCUT2D eigenvalue weighted by Gasteiger charge is 1.96. The summed E-state index contributed by atoms with van der Waals surface area (Å²) in [6, 6.07) is 3.50. The second kappa shape index (κ2) is 6.40. The molecule has 3 heteroatoms. The van der Waals surface area contributed by atoms with Gasteiger partial charge in [0.2, 0.25) is 0 Å². The van der Waals surface area contributed by atoms with Crippen LogP contribution in [0.1, 0.15) is 32.4 Å². The summed E-state index contributed by atoms with van der Waals surface area (Å²) in [5.74, 6) is 0.997. The Kier molecular flexibility index (Phi) is 5.12. The smallest absolute Gasteiger partial charge is 0.133 e. The maximum atomic E-state index is 9.04. The van der Waals surface area contributed by atoms with Crippen molar-refractivity contribution >= 4 is 0 Å². The summed E-state index contributed by atoms with van der Waals surface area (Å²) in [6.45, 7) is 6.28. The van der Waals surface area contributed by atoms with Gasteiger partial charge in [-0.05, 0) is 37.4 Å². The topological polar surface area (TPSA) is 45.1 Å². The van der Waals surface area contributed by atoms with Crippen LogP contribution in [0, 0.1) is 5.92 Å². The van der Waals surface area contributed by atoms with E-state index in [1.807, 2.05) is 6.07 Å². The molecular formula is C12H20N2O. The molecule has 0 bridgehead atoms. The van der Waals surface area contributed by atoms with E-state index in [1.54, 1.807) is 6.07 Å². The first-order valence-electron chi connectivity index (χ1n) is 5.53. The van der Waals surface area contributed by atoms with Crippen molar-refractivity contribution in [2.45, 2.75) is 33.2 Å². The summed E-state index contributed by atoms with van der Waals surface area (Å²) in [5, 5.41) is 12.4. The molecule has 0 fully saturated rings. The van der Waals surface area contributed by atoms with Gasteiger partial charge in [0.25, 0.3) is 0 Å². The van der Waals surface area contributed by atoms with Gasteiger partial charge in [-0.25, -0.2) is 0 Å². The Bertz CT molecular complexity index is 269. The number of hydrogen-bond acceptors (Lipinski definition) is 3. The zero-order valence-corrected chi connectivity index (χ0v) is 9.53. The summed E-state index contributed by atoms with van der Waals surface area (Å²) in [5.41, 5.74) is 0.970. The average Bonchev–Trinajstić information content (AvgIpc) is 2.20. The Balaban J connectivity index is 2.12. The van der Waals surface area contributed by atoms with Gasteiger partial charge in [0.1, 0.15) is 5.75 Å². The molecule has 0 aliphatic carbocycles. The van der Waals surface area contributed by atoms with Crippen LogP contribution in [0.5, 0.6) is 5.75 Å². The molecule has 0 atom stereocenters. The molecule has 15 heavy (non-hydrogen) atoms. The summed E-state index contributed by atoms with van der Waals surface area (Å²) in [6.07, 6.45) is 3.94. The van der Waals surface area contributed by atoms with E-state index in [4.69, 9.17) is 5.11 Å². The third kappa shape index (κ3) is 5.37. The molecule has 0 aliphatic heterocycles. The molecule has 0 radical (unpaired) electrons. The molecule has 1 heterocycles. The summed E-state index contributed by atoms with van der Waals surface area (Å²) >= 11 is 0. The number of nitrogens with zero attached hydrogens (tertiary/aromatic N) is 1. The van der Waals surface area contributed by atoms with Gasteiger partial charge < -0.3 is 10.4 Å². The van der Waals surface area contributed by atoms with E-state index < -0.39 is 0 Å². The van der Waals surface area contributed by atoms with Crippen molar-refractivity contribution in [2.24, 2.45) is 5.92 Å². The molecule has 1 aromatic heterocycles. The Labute approximate surface area is 91.5 Å². The first kappa shape index (κ1) is 12.0. The quantitative estimate of drug-likeness (QED) is 0.705. The highest BCUT2D eigenvalue weighted by Crippen LogP contribution is 2.06. The number of aromatic hydroxyl groups is 1. The lowest BCUT2D eigenvalue weighted by molar-refractivity contribution is 0.471. The van der Waals surface area contributed by atoms with Crippen LogP contribution in [0.4, 0.5) is 0 Å². The van der Waals surface area contributed by atoms with Crippen molar-refractivity contribution in [3.8, 4) is 5.75 Å². The molecule has 0 aromatic carbocycles. The van der Waals surface area contributed by atoms with E-state index >= 15 is 0 Å². The number of pyridine rings is 1. The van der Waals surface area contributed by atoms with Crippen molar-refractivity contribution in [2.75, 3.05) is 6.54 Å². The second-order valence-electron chi connectivity index (χ2n) is 4.22. The van der Waals surface area contributed by atoms with E-state index in [0.29, 0.717) is 0 Å². The molecule has 1 rings (SSSR count). The minimum absolute atomic E-state index is 0.221. The minimum atomic E-state index is 0.221. The maximum Gasteiger partial charge on any atom is 0.133 e. The van der Waals surface area contributed by atoms with Gasteiger partial charge in [-0.2, -0.15) is 0 Å². The highest BCUT2D eigenvalue weighted by molar-refractivity contribution is 5.17. The fourth-order valence-corrected chi connectivity index (χ4v) is 1.37. The lowest BCUT2D eigenvalue weighted by Crippen LogP contribution is -2.15. The van der Waals surface area contributed by atoms with Crippen LogP contribution in [0.15, 0.2) is 18.3 Å². The Morgan fingerprint density at radius 3 is 2.80 bits per heavy atom. The molecular weight excluding hydrogens is 188 g/mol. The van der Waals surface area contributed by atoms with E-state index in [2.05, 4.69) is 24.1 Å². The molecule has 0 saturated carbocycles. The number of hydrogen-bond donors (Lipinski definition) is 2. The maximum absolute atomic E-state index is 9.04. The number of aromatic nitrogens is 1. The molecule has 0 amide bonds. The first-order chi connectivity index (χ1) is 7.18. The molecule has 84 valence electrons. The van der Waals surface area contributed by atoms with Gasteiger partial charge in [-0.1, -0.05) is 13.8 Å². The fraction of sp³-hybridized carbons (Fsp3) is 0.583. The molecule has 3 nitrogen and oxygen atoms in total. The van der Waals surface area contributed by atoms with Crippen LogP contribution < -0.4 is 5.32 Å². The van der Waals surface area contributed by atoms with Crippen molar-refractivity contribution in [3.05, 3.63) is 24.0 Å². The zero-order valence-electron chi connectivity index (χ0n) is 9.53. The van der Waals surface area contributed by atoms with Gasteiger partial charge in [0.15, 0.2) is 0 Å². The van der Waals surface area contributed by atoms with Gasteiger partial charge >= 0.3 is 0 Å². The van der Waals surface area contributed by atoms with Crippen LogP contribution in [0.2, 0.25) is 0 Å². The SMILES string of the molecule is CC(C)CCCNCc1ccc(O)cn1. The second-order valence-corrected chi connectivity index (χ2v) is 4.22. The van der Waals surface area contributed by atoms with Crippen molar-refractivity contribution < 1.29 is 5.11 Å². The molecule has 0 spiro atoms. The summed E-state index contributed by atoms with van der Waals surface area (Å²) < 4.78 is 0. The standard InChI is InChI=1S/C12H20N2O/c1-10(2)4-3-7-13-8-11-5-6-12(15)9-14-11/h5-6,9-10,13,15H,3-4,7-8H2,1-2H3. The van der Waals surface area contributed by atoms with E-state index in [1.165, 1.54) is 19.0 Å². The fourth-order valence-electron chi connectivity index (χ4n) is 1.37. The molecule has 2 N–H and O–H groups in total. The highest BCUT2D eigenvalue weighted by atomic mass is 16.3. The van der Waals surface area contributed by atoms with E-state index in [-0.39, 0.29) is 5.75 Å². The van der Waals surface area contributed by atoms with Gasteiger partial charge in [-0.3, -0.25) is 4.98 Å². The van der Waals surface area contributed by atoms with Crippen LogP contribution in [-0.2, 0) is 6.54 Å². The Hall–Kier alpha value is -1.09. The number of nitrogens with one attached hydrogen (secondary N) is 1. The zero-order chi connectivity index (χ0) is 11.1. The van der Waals surface area contributed by atoms with Gasteiger partial charge in [0, 0.05) is 6.54 Å². The average molecular weight is 208 g/mol. The normalized spacial score (nSPS) is 10.9. The summed E-state index contributed by atoms with van der Waals surface area (Å²) in [4.78, 5) is 4.10. The Morgan fingerprint density at radius 2 is 2.20 bits per heavy atom. The molecule has 0 aliphatic rings. The van der Waals surface area contributed by atoms with E-state index in [0.717, 1.165) is 24.7 Å². The molecule has 0 saturated heterocycles. The van der Waals surface area contributed by atoms with Gasteiger partial charge in [0.05, 0.1) is 11.9 Å². The predicted octanol–water partition coefficient (Wildman–Crippen LogP) is 2.31. The molecule has 1 aromatic rings. The monoisotopic (exact) mass is 208 g/mol. The van der Waals surface area contributed by atoms with Crippen molar-refractivity contribution in [1.82, 2.24) is 10.3 Å². The lowest BCUT2D eigenvalue weighted by Gasteiger charge is -2.06. The predicted molar refractivity (Wildman–Crippen MR) is 61.7 cm³/mol. The minimum Gasteiger partial charge on any atom is -0.506 e. The first-order valence-corrected chi connectivity index (χ1v) is 5.53. The van der Waals surface area contributed by atoms with Crippen LogP contribution in [-0.4, -0.2) is 16.6 Å². The van der Waals surface area contributed by atoms with Crippen LogP contribution in [0.3, 0.4) is 0 Å². The van der Waals surface area contributed by atoms with Crippen molar-refractivity contribution in [1.29, 1.82) is 0 Å². The number of rotatable bonds is 6. The van der Waals surface area contributed by atoms with Crippen molar-refractivity contribution in [3.63, 3.8) is 0 Å². The third-order valence-corrected chi connectivity index (χ3v) is 2.25. The summed E-state index contributed by atoms with van der Waals surface area (Å²) in [7, 11) is 0. The van der Waals surface area contributed by atoms with Crippen LogP contribution >= 0.6 is 0 Å². The Morgan fingerprint density at radius 1 is 1.40 bits per heavy atom. The lowest BCUT2D eigenvalue weighted by atomic mass is 10.1. The van der Waals surface area contributed by atoms with E-state index in [9.17, 15) is 0 Å². The van der Waals surface area contributed by atoms with Crippen LogP contribution in [0.25, 0.3) is 0 Å².